The van der Waals surface area contributed by atoms with Crippen molar-refractivity contribution < 1.29 is 9.53 Å². The van der Waals surface area contributed by atoms with Gasteiger partial charge in [0.25, 0.3) is 0 Å². The van der Waals surface area contributed by atoms with Gasteiger partial charge < -0.3 is 15.4 Å². The van der Waals surface area contributed by atoms with E-state index in [0.29, 0.717) is 19.7 Å². The van der Waals surface area contributed by atoms with Crippen molar-refractivity contribution in [2.45, 2.75) is 31.4 Å². The van der Waals surface area contributed by atoms with Gasteiger partial charge in [0.2, 0.25) is 5.91 Å². The van der Waals surface area contributed by atoms with Gasteiger partial charge in [-0.15, -0.1) is 0 Å². The first kappa shape index (κ1) is 15.0. The number of hydrogen-bond donors (Lipinski definition) is 1. The predicted molar refractivity (Wildman–Crippen MR) is 84.7 cm³/mol. The van der Waals surface area contributed by atoms with E-state index in [0.717, 1.165) is 29.3 Å². The molecule has 0 radical (unpaired) electrons. The molecule has 1 amide bonds. The summed E-state index contributed by atoms with van der Waals surface area (Å²) >= 11 is 3.56. The van der Waals surface area contributed by atoms with Crippen molar-refractivity contribution in [3.8, 4) is 0 Å². The fourth-order valence-electron chi connectivity index (χ4n) is 3.27. The van der Waals surface area contributed by atoms with Crippen molar-refractivity contribution in [3.63, 3.8) is 0 Å². The second kappa shape index (κ2) is 6.46. The lowest BCUT2D eigenvalue weighted by Gasteiger charge is -2.35. The average molecular weight is 353 g/mol. The van der Waals surface area contributed by atoms with Crippen molar-refractivity contribution in [1.29, 1.82) is 0 Å². The highest BCUT2D eigenvalue weighted by atomic mass is 79.9. The Labute approximate surface area is 133 Å². The van der Waals surface area contributed by atoms with Crippen molar-refractivity contribution in [2.24, 2.45) is 11.7 Å². The summed E-state index contributed by atoms with van der Waals surface area (Å²) in [6.45, 7) is 1.91. The molecule has 0 bridgehead atoms. The molecule has 1 aromatic rings. The Balaban J connectivity index is 1.68. The molecule has 2 fully saturated rings. The molecule has 0 aromatic heterocycles. The van der Waals surface area contributed by atoms with Gasteiger partial charge in [-0.05, 0) is 30.9 Å². The maximum atomic E-state index is 12.6. The number of morpholine rings is 1. The van der Waals surface area contributed by atoms with Crippen LogP contribution in [0, 0.1) is 5.92 Å². The van der Waals surface area contributed by atoms with E-state index < -0.39 is 0 Å². The lowest BCUT2D eigenvalue weighted by molar-refractivity contribution is -0.143. The van der Waals surface area contributed by atoms with Crippen molar-refractivity contribution in [3.05, 3.63) is 34.3 Å². The molecule has 1 aliphatic carbocycles. The molecule has 4 nitrogen and oxygen atoms in total. The summed E-state index contributed by atoms with van der Waals surface area (Å²) in [5, 5.41) is 0. The van der Waals surface area contributed by atoms with Crippen LogP contribution < -0.4 is 5.73 Å². The summed E-state index contributed by atoms with van der Waals surface area (Å²) < 4.78 is 6.89. The highest BCUT2D eigenvalue weighted by Gasteiger charge is 2.34. The molecule has 0 unspecified atom stereocenters. The third-order valence-electron chi connectivity index (χ3n) is 4.45. The number of rotatable bonds is 2. The van der Waals surface area contributed by atoms with Gasteiger partial charge in [-0.1, -0.05) is 34.1 Å². The Morgan fingerprint density at radius 2 is 2.14 bits per heavy atom. The molecular formula is C16H21BrN2O2. The first-order valence-electron chi connectivity index (χ1n) is 7.55. The van der Waals surface area contributed by atoms with Crippen LogP contribution in [0.2, 0.25) is 0 Å². The van der Waals surface area contributed by atoms with Crippen LogP contribution in [0.3, 0.4) is 0 Å². The second-order valence-corrected chi connectivity index (χ2v) is 6.79. The third-order valence-corrected chi connectivity index (χ3v) is 5.17. The quantitative estimate of drug-likeness (QED) is 0.889. The van der Waals surface area contributed by atoms with Crippen molar-refractivity contribution in [1.82, 2.24) is 4.90 Å². The first-order valence-corrected chi connectivity index (χ1v) is 8.35. The van der Waals surface area contributed by atoms with Gasteiger partial charge in [-0.3, -0.25) is 4.79 Å². The zero-order valence-electron chi connectivity index (χ0n) is 12.0. The lowest BCUT2D eigenvalue weighted by atomic mass is 10.0. The van der Waals surface area contributed by atoms with E-state index in [1.807, 2.05) is 29.2 Å². The van der Waals surface area contributed by atoms with Crippen molar-refractivity contribution in [2.75, 3.05) is 19.7 Å². The van der Waals surface area contributed by atoms with Crippen LogP contribution in [0.5, 0.6) is 0 Å². The zero-order valence-corrected chi connectivity index (χ0v) is 13.6. The summed E-state index contributed by atoms with van der Waals surface area (Å²) in [4.78, 5) is 14.6. The largest absolute Gasteiger partial charge is 0.370 e. The molecule has 1 heterocycles. The molecular weight excluding hydrogens is 332 g/mol. The molecule has 1 aromatic carbocycles. The van der Waals surface area contributed by atoms with Gasteiger partial charge in [0.15, 0.2) is 0 Å². The van der Waals surface area contributed by atoms with Gasteiger partial charge in [0, 0.05) is 23.0 Å². The van der Waals surface area contributed by atoms with E-state index in [1.165, 1.54) is 0 Å². The van der Waals surface area contributed by atoms with Crippen LogP contribution in [0.4, 0.5) is 0 Å². The molecule has 3 rings (SSSR count). The van der Waals surface area contributed by atoms with E-state index in [4.69, 9.17) is 10.5 Å². The SMILES string of the molecule is N[C@@H]1CC[C@@H](C(=O)N2CCO[C@@H](c3ccccc3Br)C2)C1. The van der Waals surface area contributed by atoms with E-state index >= 15 is 0 Å². The van der Waals surface area contributed by atoms with Gasteiger partial charge >= 0.3 is 0 Å². The van der Waals surface area contributed by atoms with Gasteiger partial charge in [0.1, 0.15) is 6.10 Å². The number of halogens is 1. The highest BCUT2D eigenvalue weighted by molar-refractivity contribution is 9.10. The minimum Gasteiger partial charge on any atom is -0.370 e. The summed E-state index contributed by atoms with van der Waals surface area (Å²) in [5.74, 6) is 0.362. The van der Waals surface area contributed by atoms with Gasteiger partial charge in [0.05, 0.1) is 13.2 Å². The molecule has 1 saturated carbocycles. The Kier molecular flexibility index (Phi) is 4.62. The number of hydrogen-bond acceptors (Lipinski definition) is 3. The lowest BCUT2D eigenvalue weighted by Crippen LogP contribution is -2.44. The van der Waals surface area contributed by atoms with Crippen LogP contribution >= 0.6 is 15.9 Å². The monoisotopic (exact) mass is 352 g/mol. The van der Waals surface area contributed by atoms with Crippen LogP contribution in [-0.4, -0.2) is 36.5 Å². The smallest absolute Gasteiger partial charge is 0.225 e. The molecule has 3 atom stereocenters. The molecule has 5 heteroatoms. The Morgan fingerprint density at radius 3 is 2.86 bits per heavy atom. The molecule has 0 spiro atoms. The molecule has 21 heavy (non-hydrogen) atoms. The van der Waals surface area contributed by atoms with Gasteiger partial charge in [-0.2, -0.15) is 0 Å². The van der Waals surface area contributed by atoms with Crippen LogP contribution in [-0.2, 0) is 9.53 Å². The summed E-state index contributed by atoms with van der Waals surface area (Å²) in [6, 6.07) is 8.24. The fourth-order valence-corrected chi connectivity index (χ4v) is 3.81. The van der Waals surface area contributed by atoms with Crippen molar-refractivity contribution >= 4 is 21.8 Å². The van der Waals surface area contributed by atoms with Crippen LogP contribution in [0.1, 0.15) is 30.9 Å². The minimum absolute atomic E-state index is 0.0478. The average Bonchev–Trinajstić information content (AvgIpc) is 2.94. The molecule has 1 saturated heterocycles. The normalized spacial score (nSPS) is 29.6. The third kappa shape index (κ3) is 3.30. The van der Waals surface area contributed by atoms with E-state index in [2.05, 4.69) is 15.9 Å². The predicted octanol–water partition coefficient (Wildman–Crippen LogP) is 2.48. The molecule has 1 aliphatic heterocycles. The Morgan fingerprint density at radius 1 is 1.33 bits per heavy atom. The van der Waals surface area contributed by atoms with Gasteiger partial charge in [-0.25, -0.2) is 0 Å². The topological polar surface area (TPSA) is 55.6 Å². The Bertz CT molecular complexity index is 523. The van der Waals surface area contributed by atoms with Crippen LogP contribution in [0.15, 0.2) is 28.7 Å². The molecule has 114 valence electrons. The summed E-state index contributed by atoms with van der Waals surface area (Å²) in [6.07, 6.45) is 2.68. The van der Waals surface area contributed by atoms with Crippen LogP contribution in [0.25, 0.3) is 0 Å². The maximum absolute atomic E-state index is 12.6. The number of ether oxygens (including phenoxy) is 1. The maximum Gasteiger partial charge on any atom is 0.225 e. The highest BCUT2D eigenvalue weighted by Crippen LogP contribution is 2.31. The van der Waals surface area contributed by atoms with E-state index in [1.54, 1.807) is 0 Å². The minimum atomic E-state index is -0.0478. The number of carbonyl (C=O) groups is 1. The fraction of sp³-hybridized carbons (Fsp3) is 0.562. The second-order valence-electron chi connectivity index (χ2n) is 5.94. The number of amides is 1. The van der Waals surface area contributed by atoms with E-state index in [-0.39, 0.29) is 24.0 Å². The number of carbonyl (C=O) groups excluding carboxylic acids is 1. The number of nitrogens with zero attached hydrogens (tertiary/aromatic N) is 1. The van der Waals surface area contributed by atoms with E-state index in [9.17, 15) is 4.79 Å². The summed E-state index contributed by atoms with van der Waals surface area (Å²) in [5.41, 5.74) is 7.04. The zero-order chi connectivity index (χ0) is 14.8. The number of nitrogens with two attached hydrogens (primary N) is 1. The molecule has 2 N–H and O–H groups in total. The first-order chi connectivity index (χ1) is 10.1. The Hall–Kier alpha value is -0.910. The standard InChI is InChI=1S/C16H21BrN2O2/c17-14-4-2-1-3-13(14)15-10-19(7-8-21-15)16(20)11-5-6-12(18)9-11/h1-4,11-12,15H,5-10,18H2/t11-,12-,15-/m1/s1. The molecule has 2 aliphatic rings. The summed E-state index contributed by atoms with van der Waals surface area (Å²) in [7, 11) is 0. The number of benzene rings is 1.